The molecule has 1 amide bonds. The van der Waals surface area contributed by atoms with Gasteiger partial charge in [-0.1, -0.05) is 72.8 Å². The molecule has 0 aliphatic rings. The summed E-state index contributed by atoms with van der Waals surface area (Å²) in [5, 5.41) is 9.43. The zero-order chi connectivity index (χ0) is 23.3. The number of rotatable bonds is 7. The molecule has 0 aliphatic heterocycles. The van der Waals surface area contributed by atoms with Gasteiger partial charge < -0.3 is 4.74 Å². The molecule has 2 heterocycles. The Morgan fingerprint density at radius 1 is 1.00 bits per heavy atom. The molecular formula is C27H22N4O2S. The smallest absolute Gasteiger partial charge is 0.258 e. The predicted molar refractivity (Wildman–Crippen MR) is 137 cm³/mol. The van der Waals surface area contributed by atoms with Gasteiger partial charge in [0.25, 0.3) is 11.9 Å². The lowest BCUT2D eigenvalue weighted by Gasteiger charge is -2.08. The van der Waals surface area contributed by atoms with Crippen molar-refractivity contribution < 1.29 is 9.53 Å². The van der Waals surface area contributed by atoms with Crippen LogP contribution in [0.1, 0.15) is 18.1 Å². The minimum atomic E-state index is -0.278. The highest BCUT2D eigenvalue weighted by atomic mass is 32.1. The average molecular weight is 467 g/mol. The normalized spacial score (nSPS) is 11.5. The third-order valence-electron chi connectivity index (χ3n) is 5.21. The highest BCUT2D eigenvalue weighted by Gasteiger charge is 2.17. The average Bonchev–Trinajstić information content (AvgIpc) is 3.45. The van der Waals surface area contributed by atoms with Gasteiger partial charge in [0.05, 0.1) is 12.3 Å². The first-order chi connectivity index (χ1) is 16.7. The van der Waals surface area contributed by atoms with Gasteiger partial charge in [0.2, 0.25) is 4.96 Å². The summed E-state index contributed by atoms with van der Waals surface area (Å²) in [5.74, 6) is 0.781. The van der Waals surface area contributed by atoms with Crippen LogP contribution in [-0.2, 0) is 4.79 Å². The molecule has 2 aromatic heterocycles. The number of anilines is 1. The van der Waals surface area contributed by atoms with E-state index in [1.54, 1.807) is 4.52 Å². The summed E-state index contributed by atoms with van der Waals surface area (Å²) in [5.41, 5.74) is 4.19. The first kappa shape index (κ1) is 21.6. The van der Waals surface area contributed by atoms with E-state index in [2.05, 4.69) is 15.4 Å². The number of benzene rings is 3. The van der Waals surface area contributed by atoms with Crippen molar-refractivity contribution in [2.24, 2.45) is 0 Å². The lowest BCUT2D eigenvalue weighted by atomic mass is 10.0. The second-order valence-corrected chi connectivity index (χ2v) is 8.33. The van der Waals surface area contributed by atoms with Crippen LogP contribution < -0.4 is 10.1 Å². The molecule has 5 aromatic rings. The summed E-state index contributed by atoms with van der Waals surface area (Å²) in [4.78, 5) is 18.6. The molecule has 0 radical (unpaired) electrons. The molecule has 0 aliphatic carbocycles. The SMILES string of the molecule is CCOc1ccc(/C=C(/C(=O)Nc2nc3scc(-c4ccccc4)n3n2)c2ccccc2)cc1. The zero-order valence-corrected chi connectivity index (χ0v) is 19.3. The number of fused-ring (bicyclic) bond motifs is 1. The molecule has 3 aromatic carbocycles. The van der Waals surface area contributed by atoms with Crippen LogP contribution in [0.25, 0.3) is 27.9 Å². The highest BCUT2D eigenvalue weighted by Crippen LogP contribution is 2.26. The summed E-state index contributed by atoms with van der Waals surface area (Å²) in [6, 6.07) is 27.2. The predicted octanol–water partition coefficient (Wildman–Crippen LogP) is 6.04. The maximum Gasteiger partial charge on any atom is 0.258 e. The number of thiazole rings is 1. The van der Waals surface area contributed by atoms with Gasteiger partial charge >= 0.3 is 0 Å². The maximum atomic E-state index is 13.4. The van der Waals surface area contributed by atoms with Gasteiger partial charge in [0.15, 0.2) is 0 Å². The van der Waals surface area contributed by atoms with Crippen LogP contribution in [0.4, 0.5) is 5.95 Å². The molecular weight excluding hydrogens is 444 g/mol. The highest BCUT2D eigenvalue weighted by molar-refractivity contribution is 7.15. The van der Waals surface area contributed by atoms with E-state index in [1.807, 2.05) is 103 Å². The number of hydrogen-bond donors (Lipinski definition) is 1. The van der Waals surface area contributed by atoms with Crippen LogP contribution in [0.15, 0.2) is 90.3 Å². The second kappa shape index (κ2) is 9.72. The molecule has 0 bridgehead atoms. The summed E-state index contributed by atoms with van der Waals surface area (Å²) in [7, 11) is 0. The second-order valence-electron chi connectivity index (χ2n) is 7.50. The third-order valence-corrected chi connectivity index (χ3v) is 6.02. The number of hydrogen-bond acceptors (Lipinski definition) is 5. The van der Waals surface area contributed by atoms with Crippen LogP contribution in [0.2, 0.25) is 0 Å². The van der Waals surface area contributed by atoms with Gasteiger partial charge in [-0.05, 0) is 36.3 Å². The summed E-state index contributed by atoms with van der Waals surface area (Å²) < 4.78 is 7.28. The van der Waals surface area contributed by atoms with E-state index < -0.39 is 0 Å². The minimum absolute atomic E-state index is 0.266. The molecule has 0 fully saturated rings. The van der Waals surface area contributed by atoms with Gasteiger partial charge in [-0.2, -0.15) is 4.98 Å². The van der Waals surface area contributed by atoms with E-state index in [0.29, 0.717) is 17.1 Å². The number of aromatic nitrogens is 3. The molecule has 1 N–H and O–H groups in total. The quantitative estimate of drug-likeness (QED) is 0.235. The fourth-order valence-electron chi connectivity index (χ4n) is 3.60. The van der Waals surface area contributed by atoms with Gasteiger partial charge in [0.1, 0.15) is 5.75 Å². The number of nitrogens with zero attached hydrogens (tertiary/aromatic N) is 3. The zero-order valence-electron chi connectivity index (χ0n) is 18.5. The Hall–Kier alpha value is -4.23. The van der Waals surface area contributed by atoms with Gasteiger partial charge in [0, 0.05) is 16.5 Å². The molecule has 0 atom stereocenters. The molecule has 168 valence electrons. The Balaban J connectivity index is 1.45. The fourth-order valence-corrected chi connectivity index (χ4v) is 4.43. The van der Waals surface area contributed by atoms with Crippen LogP contribution >= 0.6 is 11.3 Å². The number of amides is 1. The Bertz CT molecular complexity index is 1440. The van der Waals surface area contributed by atoms with Crippen molar-refractivity contribution in [2.75, 3.05) is 11.9 Å². The number of ether oxygens (including phenoxy) is 1. The third kappa shape index (κ3) is 4.60. The van der Waals surface area contributed by atoms with E-state index in [1.165, 1.54) is 11.3 Å². The van der Waals surface area contributed by atoms with Crippen molar-refractivity contribution in [1.29, 1.82) is 0 Å². The van der Waals surface area contributed by atoms with E-state index in [4.69, 9.17) is 4.74 Å². The van der Waals surface area contributed by atoms with Gasteiger partial charge in [-0.25, -0.2) is 4.52 Å². The molecule has 0 unspecified atom stereocenters. The molecule has 7 heteroatoms. The molecule has 5 rings (SSSR count). The van der Waals surface area contributed by atoms with Gasteiger partial charge in [-0.15, -0.1) is 16.4 Å². The van der Waals surface area contributed by atoms with Crippen molar-refractivity contribution in [2.45, 2.75) is 6.92 Å². The number of nitrogens with one attached hydrogen (secondary N) is 1. The largest absolute Gasteiger partial charge is 0.494 e. The molecule has 0 spiro atoms. The van der Waals surface area contributed by atoms with Gasteiger partial charge in [-0.3, -0.25) is 10.1 Å². The first-order valence-corrected chi connectivity index (χ1v) is 11.8. The first-order valence-electron chi connectivity index (χ1n) is 10.9. The van der Waals surface area contributed by atoms with Crippen molar-refractivity contribution in [1.82, 2.24) is 14.6 Å². The van der Waals surface area contributed by atoms with E-state index in [9.17, 15) is 4.79 Å². The van der Waals surface area contributed by atoms with E-state index in [-0.39, 0.29) is 11.9 Å². The standard InChI is InChI=1S/C27H22N4O2S/c1-2-33-22-15-13-19(14-16-22)17-23(20-9-5-3-6-10-20)25(32)28-26-29-27-31(30-26)24(18-34-27)21-11-7-4-8-12-21/h3-18H,2H2,1H3,(H,28,30,32)/b23-17+. The Labute approximate surface area is 201 Å². The van der Waals surface area contributed by atoms with Crippen LogP contribution in [0, 0.1) is 0 Å². The van der Waals surface area contributed by atoms with E-state index in [0.717, 1.165) is 28.1 Å². The topological polar surface area (TPSA) is 68.5 Å². The lowest BCUT2D eigenvalue weighted by Crippen LogP contribution is -2.15. The molecule has 34 heavy (non-hydrogen) atoms. The monoisotopic (exact) mass is 466 g/mol. The Kier molecular flexibility index (Phi) is 6.18. The Morgan fingerprint density at radius 2 is 1.71 bits per heavy atom. The lowest BCUT2D eigenvalue weighted by molar-refractivity contribution is -0.111. The van der Waals surface area contributed by atoms with Crippen LogP contribution in [-0.4, -0.2) is 27.1 Å². The van der Waals surface area contributed by atoms with Crippen molar-refractivity contribution in [3.63, 3.8) is 0 Å². The van der Waals surface area contributed by atoms with Crippen LogP contribution in [0.3, 0.4) is 0 Å². The van der Waals surface area contributed by atoms with Crippen molar-refractivity contribution in [3.8, 4) is 17.0 Å². The molecule has 0 saturated heterocycles. The maximum absolute atomic E-state index is 13.4. The van der Waals surface area contributed by atoms with Crippen LogP contribution in [0.5, 0.6) is 5.75 Å². The minimum Gasteiger partial charge on any atom is -0.494 e. The van der Waals surface area contributed by atoms with E-state index >= 15 is 0 Å². The Morgan fingerprint density at radius 3 is 2.41 bits per heavy atom. The summed E-state index contributed by atoms with van der Waals surface area (Å²) in [6.07, 6.45) is 1.86. The number of carbonyl (C=O) groups excluding carboxylic acids is 1. The molecule has 0 saturated carbocycles. The number of carbonyl (C=O) groups is 1. The summed E-state index contributed by atoms with van der Waals surface area (Å²) in [6.45, 7) is 2.55. The van der Waals surface area contributed by atoms with Crippen molar-refractivity contribution in [3.05, 3.63) is 101 Å². The molecule has 6 nitrogen and oxygen atoms in total. The fraction of sp³-hybridized carbons (Fsp3) is 0.0741. The summed E-state index contributed by atoms with van der Waals surface area (Å²) >= 11 is 1.48. The van der Waals surface area contributed by atoms with Crippen molar-refractivity contribution >= 4 is 39.8 Å².